The molecule has 3 heteroatoms. The van der Waals surface area contributed by atoms with Crippen molar-refractivity contribution in [1.82, 2.24) is 4.90 Å². The molecule has 0 aliphatic heterocycles. The van der Waals surface area contributed by atoms with Crippen molar-refractivity contribution in [2.45, 2.75) is 51.6 Å². The minimum absolute atomic E-state index is 0.196. The van der Waals surface area contributed by atoms with Gasteiger partial charge >= 0.3 is 0 Å². The van der Waals surface area contributed by atoms with Crippen molar-refractivity contribution >= 4 is 0 Å². The molecule has 0 amide bonds. The molecule has 1 saturated carbocycles. The zero-order chi connectivity index (χ0) is 15.3. The van der Waals surface area contributed by atoms with Gasteiger partial charge in [-0.05, 0) is 55.8 Å². The first kappa shape index (κ1) is 16.3. The Morgan fingerprint density at radius 2 is 1.86 bits per heavy atom. The van der Waals surface area contributed by atoms with E-state index in [2.05, 4.69) is 30.9 Å². The third-order valence-corrected chi connectivity index (χ3v) is 5.17. The van der Waals surface area contributed by atoms with E-state index in [0.717, 1.165) is 31.3 Å². The standard InChI is InChI=1S/C18H30N2O/c1-4-20(13-16-5-7-17(21-3)8-6-16)18(14-19)11-9-15(2)10-12-18/h5-8,15H,4,9-14,19H2,1-3H3. The van der Waals surface area contributed by atoms with Gasteiger partial charge in [-0.3, -0.25) is 4.90 Å². The van der Waals surface area contributed by atoms with Crippen LogP contribution in [0.5, 0.6) is 5.75 Å². The molecule has 1 aliphatic carbocycles. The first-order valence-electron chi connectivity index (χ1n) is 8.21. The first-order chi connectivity index (χ1) is 10.1. The number of benzene rings is 1. The van der Waals surface area contributed by atoms with E-state index in [-0.39, 0.29) is 5.54 Å². The Morgan fingerprint density at radius 1 is 1.24 bits per heavy atom. The number of hydrogen-bond acceptors (Lipinski definition) is 3. The molecule has 3 nitrogen and oxygen atoms in total. The largest absolute Gasteiger partial charge is 0.497 e. The monoisotopic (exact) mass is 290 g/mol. The number of nitrogens with zero attached hydrogens (tertiary/aromatic N) is 1. The molecule has 2 rings (SSSR count). The second-order valence-corrected chi connectivity index (χ2v) is 6.47. The van der Waals surface area contributed by atoms with Crippen molar-refractivity contribution < 1.29 is 4.74 Å². The van der Waals surface area contributed by atoms with Gasteiger partial charge in [-0.25, -0.2) is 0 Å². The molecule has 1 aliphatic rings. The predicted octanol–water partition coefficient (Wildman–Crippen LogP) is 3.42. The quantitative estimate of drug-likeness (QED) is 0.872. The van der Waals surface area contributed by atoms with Crippen LogP contribution in [0.1, 0.15) is 45.1 Å². The number of likely N-dealkylation sites (N-methyl/N-ethyl adjacent to an activating group) is 1. The molecule has 0 spiro atoms. The number of ether oxygens (including phenoxy) is 1. The van der Waals surface area contributed by atoms with Crippen LogP contribution in [0.2, 0.25) is 0 Å². The molecular formula is C18H30N2O. The highest BCUT2D eigenvalue weighted by molar-refractivity contribution is 5.27. The van der Waals surface area contributed by atoms with Crippen LogP contribution in [0.3, 0.4) is 0 Å². The lowest BCUT2D eigenvalue weighted by molar-refractivity contribution is 0.0423. The van der Waals surface area contributed by atoms with Crippen LogP contribution in [0.4, 0.5) is 0 Å². The van der Waals surface area contributed by atoms with E-state index in [4.69, 9.17) is 10.5 Å². The maximum atomic E-state index is 6.20. The van der Waals surface area contributed by atoms with Gasteiger partial charge in [0.2, 0.25) is 0 Å². The number of methoxy groups -OCH3 is 1. The van der Waals surface area contributed by atoms with Gasteiger partial charge in [-0.1, -0.05) is 26.0 Å². The van der Waals surface area contributed by atoms with Crippen LogP contribution < -0.4 is 10.5 Å². The highest BCUT2D eigenvalue weighted by atomic mass is 16.5. The summed E-state index contributed by atoms with van der Waals surface area (Å²) in [5, 5.41) is 0. The third kappa shape index (κ3) is 3.78. The number of hydrogen-bond donors (Lipinski definition) is 1. The summed E-state index contributed by atoms with van der Waals surface area (Å²) in [4.78, 5) is 2.58. The van der Waals surface area contributed by atoms with Crippen molar-refractivity contribution in [3.63, 3.8) is 0 Å². The first-order valence-corrected chi connectivity index (χ1v) is 8.21. The molecule has 2 N–H and O–H groups in total. The van der Waals surface area contributed by atoms with Crippen LogP contribution in [0, 0.1) is 5.92 Å². The van der Waals surface area contributed by atoms with E-state index in [1.54, 1.807) is 7.11 Å². The van der Waals surface area contributed by atoms with Crippen molar-refractivity contribution in [2.75, 3.05) is 20.2 Å². The Labute approximate surface area is 129 Å². The van der Waals surface area contributed by atoms with Crippen LogP contribution in [0.15, 0.2) is 24.3 Å². The molecule has 0 radical (unpaired) electrons. The summed E-state index contributed by atoms with van der Waals surface area (Å²) in [5.41, 5.74) is 7.73. The minimum atomic E-state index is 0.196. The summed E-state index contributed by atoms with van der Waals surface area (Å²) in [6.45, 7) is 7.41. The fourth-order valence-electron chi connectivity index (χ4n) is 3.52. The normalized spacial score (nSPS) is 26.0. The molecule has 1 aromatic rings. The minimum Gasteiger partial charge on any atom is -0.497 e. The second-order valence-electron chi connectivity index (χ2n) is 6.47. The van der Waals surface area contributed by atoms with E-state index in [9.17, 15) is 0 Å². The second kappa shape index (κ2) is 7.28. The van der Waals surface area contributed by atoms with Crippen LogP contribution >= 0.6 is 0 Å². The summed E-state index contributed by atoms with van der Waals surface area (Å²) in [5.74, 6) is 1.77. The van der Waals surface area contributed by atoms with Gasteiger partial charge in [0, 0.05) is 18.6 Å². The van der Waals surface area contributed by atoms with Gasteiger partial charge in [0.25, 0.3) is 0 Å². The number of nitrogens with two attached hydrogens (primary N) is 1. The fraction of sp³-hybridized carbons (Fsp3) is 0.667. The maximum absolute atomic E-state index is 6.20. The SMILES string of the molecule is CCN(Cc1ccc(OC)cc1)C1(CN)CCC(C)CC1. The third-order valence-electron chi connectivity index (χ3n) is 5.17. The van der Waals surface area contributed by atoms with E-state index in [0.29, 0.717) is 0 Å². The van der Waals surface area contributed by atoms with Gasteiger partial charge in [-0.2, -0.15) is 0 Å². The van der Waals surface area contributed by atoms with Crippen LogP contribution in [-0.2, 0) is 6.54 Å². The Hall–Kier alpha value is -1.06. The Bertz CT molecular complexity index is 421. The summed E-state index contributed by atoms with van der Waals surface area (Å²) in [6.07, 6.45) is 5.07. The molecule has 0 atom stereocenters. The average molecular weight is 290 g/mol. The molecule has 0 aromatic heterocycles. The van der Waals surface area contributed by atoms with Gasteiger partial charge in [-0.15, -0.1) is 0 Å². The van der Waals surface area contributed by atoms with Gasteiger partial charge in [0.1, 0.15) is 5.75 Å². The van der Waals surface area contributed by atoms with E-state index in [1.807, 2.05) is 12.1 Å². The van der Waals surface area contributed by atoms with Crippen molar-refractivity contribution in [3.05, 3.63) is 29.8 Å². The topological polar surface area (TPSA) is 38.5 Å². The maximum Gasteiger partial charge on any atom is 0.118 e. The Morgan fingerprint density at radius 3 is 2.33 bits per heavy atom. The smallest absolute Gasteiger partial charge is 0.118 e. The molecule has 0 unspecified atom stereocenters. The van der Waals surface area contributed by atoms with Gasteiger partial charge in [0.05, 0.1) is 7.11 Å². The molecule has 0 heterocycles. The van der Waals surface area contributed by atoms with Crippen molar-refractivity contribution in [2.24, 2.45) is 11.7 Å². The zero-order valence-electron chi connectivity index (χ0n) is 13.8. The molecule has 0 saturated heterocycles. The van der Waals surface area contributed by atoms with Crippen molar-refractivity contribution in [3.8, 4) is 5.75 Å². The summed E-state index contributed by atoms with van der Waals surface area (Å²) in [6, 6.07) is 8.41. The molecule has 1 aromatic carbocycles. The van der Waals surface area contributed by atoms with Gasteiger partial charge in [0.15, 0.2) is 0 Å². The molecule has 21 heavy (non-hydrogen) atoms. The van der Waals surface area contributed by atoms with Crippen LogP contribution in [0.25, 0.3) is 0 Å². The Kier molecular flexibility index (Phi) is 5.65. The fourth-order valence-corrected chi connectivity index (χ4v) is 3.52. The average Bonchev–Trinajstić information content (AvgIpc) is 2.54. The molecule has 1 fully saturated rings. The molecular weight excluding hydrogens is 260 g/mol. The summed E-state index contributed by atoms with van der Waals surface area (Å²) >= 11 is 0. The van der Waals surface area contributed by atoms with E-state index < -0.39 is 0 Å². The highest BCUT2D eigenvalue weighted by Crippen LogP contribution is 2.36. The summed E-state index contributed by atoms with van der Waals surface area (Å²) in [7, 11) is 1.71. The lowest BCUT2D eigenvalue weighted by Crippen LogP contribution is -2.55. The highest BCUT2D eigenvalue weighted by Gasteiger charge is 2.37. The van der Waals surface area contributed by atoms with E-state index in [1.165, 1.54) is 31.2 Å². The van der Waals surface area contributed by atoms with Crippen molar-refractivity contribution in [1.29, 1.82) is 0 Å². The lowest BCUT2D eigenvalue weighted by atomic mass is 9.76. The van der Waals surface area contributed by atoms with E-state index >= 15 is 0 Å². The molecule has 0 bridgehead atoms. The number of rotatable bonds is 6. The predicted molar refractivity (Wildman–Crippen MR) is 88.5 cm³/mol. The van der Waals surface area contributed by atoms with Gasteiger partial charge < -0.3 is 10.5 Å². The summed E-state index contributed by atoms with van der Waals surface area (Å²) < 4.78 is 5.24. The van der Waals surface area contributed by atoms with Crippen LogP contribution in [-0.4, -0.2) is 30.6 Å². The molecule has 118 valence electrons. The lowest BCUT2D eigenvalue weighted by Gasteiger charge is -2.47. The zero-order valence-corrected chi connectivity index (χ0v) is 13.8. The Balaban J connectivity index is 2.09.